The van der Waals surface area contributed by atoms with Crippen LogP contribution in [0.25, 0.3) is 0 Å². The third kappa shape index (κ3) is 7.72. The van der Waals surface area contributed by atoms with E-state index in [0.29, 0.717) is 44.2 Å². The van der Waals surface area contributed by atoms with Gasteiger partial charge in [-0.2, -0.15) is 10.2 Å². The molecule has 0 radical (unpaired) electrons. The number of aliphatic imine (C=N–C) groups is 2. The smallest absolute Gasteiger partial charge is 0.126 e. The number of hydrogen-bond acceptors (Lipinski definition) is 8. The molecular formula is C34H30Cl2N8. The molecule has 1 heterocycles. The Balaban J connectivity index is 1.66. The minimum absolute atomic E-state index is 0.590. The zero-order valence-corrected chi connectivity index (χ0v) is 26.2. The fraction of sp³-hybridized carbons (Fsp3) is 0.118. The normalized spacial score (nSPS) is 17.7. The molecule has 0 aliphatic carbocycles. The molecule has 0 saturated heterocycles. The van der Waals surface area contributed by atoms with Crippen LogP contribution in [0.15, 0.2) is 150 Å². The number of rotatable bonds is 4. The Morgan fingerprint density at radius 3 is 1.23 bits per heavy atom. The number of azo groups is 2. The van der Waals surface area contributed by atoms with Gasteiger partial charge in [0.2, 0.25) is 0 Å². The fourth-order valence-electron chi connectivity index (χ4n) is 4.41. The van der Waals surface area contributed by atoms with Crippen molar-refractivity contribution in [3.63, 3.8) is 0 Å². The van der Waals surface area contributed by atoms with E-state index in [0.717, 1.165) is 34.1 Å². The number of fused-ring (bicyclic) bond motifs is 2. The topological polar surface area (TPSA) is 98.2 Å². The number of benzene rings is 4. The molecule has 44 heavy (non-hydrogen) atoms. The Kier molecular flexibility index (Phi) is 9.74. The Morgan fingerprint density at radius 2 is 0.841 bits per heavy atom. The van der Waals surface area contributed by atoms with Gasteiger partial charge >= 0.3 is 0 Å². The van der Waals surface area contributed by atoms with Crippen LogP contribution < -0.4 is 10.6 Å². The monoisotopic (exact) mass is 620 g/mol. The second-order valence-corrected chi connectivity index (χ2v) is 10.9. The fourth-order valence-corrected chi connectivity index (χ4v) is 4.66. The average Bonchev–Trinajstić information content (AvgIpc) is 3.01. The Hall–Kier alpha value is -4.92. The van der Waals surface area contributed by atoms with Gasteiger partial charge in [-0.1, -0.05) is 47.5 Å². The zero-order valence-electron chi connectivity index (χ0n) is 24.7. The van der Waals surface area contributed by atoms with E-state index in [9.17, 15) is 0 Å². The predicted octanol–water partition coefficient (Wildman–Crippen LogP) is 11.7. The molecule has 4 aromatic carbocycles. The summed E-state index contributed by atoms with van der Waals surface area (Å²) < 4.78 is 0. The van der Waals surface area contributed by atoms with E-state index in [1.807, 2.05) is 100 Å². The highest BCUT2D eigenvalue weighted by Gasteiger charge is 2.15. The third-order valence-electron chi connectivity index (χ3n) is 6.61. The van der Waals surface area contributed by atoms with Crippen molar-refractivity contribution in [2.75, 3.05) is 10.6 Å². The molecule has 1 aliphatic heterocycles. The summed E-state index contributed by atoms with van der Waals surface area (Å²) in [6, 6.07) is 29.9. The van der Waals surface area contributed by atoms with Crippen LogP contribution >= 0.6 is 23.2 Å². The molecule has 2 N–H and O–H groups in total. The molecule has 8 nitrogen and oxygen atoms in total. The second kappa shape index (κ2) is 14.0. The van der Waals surface area contributed by atoms with Gasteiger partial charge in [-0.05, 0) is 100 Å². The lowest BCUT2D eigenvalue weighted by Gasteiger charge is -2.16. The maximum absolute atomic E-state index is 6.06. The molecule has 0 fully saturated rings. The summed E-state index contributed by atoms with van der Waals surface area (Å²) in [5, 5.41) is 26.5. The zero-order chi connectivity index (χ0) is 31.1. The van der Waals surface area contributed by atoms with Crippen LogP contribution in [-0.2, 0) is 0 Å². The van der Waals surface area contributed by atoms with Crippen molar-refractivity contribution in [3.8, 4) is 0 Å². The molecule has 10 heteroatoms. The summed E-state index contributed by atoms with van der Waals surface area (Å²) >= 11 is 12.1. The standard InChI is InChI=1S/C34H30Cl2N8/c1-21-33(43-41-27-17-13-25(35)14-18-27)22(2)38-31-11-7-8-12-32(31)40-24(4)34(44-42-28-19-15-26(36)16-20-28)23(3)39-30-10-6-5-9-29(30)37-21/h5-20,37,40H,1-4H3/b33-21+,34-24+,38-22?,39-23?,43-41?,44-42?. The van der Waals surface area contributed by atoms with E-state index in [-0.39, 0.29) is 0 Å². The van der Waals surface area contributed by atoms with Crippen molar-refractivity contribution in [3.05, 3.63) is 130 Å². The Bertz CT molecular complexity index is 1710. The molecule has 0 unspecified atom stereocenters. The molecule has 1 aliphatic rings. The van der Waals surface area contributed by atoms with Crippen molar-refractivity contribution in [2.45, 2.75) is 27.7 Å². The maximum Gasteiger partial charge on any atom is 0.126 e. The van der Waals surface area contributed by atoms with Crippen molar-refractivity contribution in [2.24, 2.45) is 30.4 Å². The summed E-state index contributed by atoms with van der Waals surface area (Å²) in [6.07, 6.45) is 0. The van der Waals surface area contributed by atoms with Gasteiger partial charge in [0.25, 0.3) is 0 Å². The molecule has 5 rings (SSSR count). The Morgan fingerprint density at radius 1 is 0.477 bits per heavy atom. The molecule has 0 amide bonds. The highest BCUT2D eigenvalue weighted by Crippen LogP contribution is 2.32. The van der Waals surface area contributed by atoms with E-state index < -0.39 is 0 Å². The lowest BCUT2D eigenvalue weighted by molar-refractivity contribution is 1.13. The number of halogens is 2. The van der Waals surface area contributed by atoms with E-state index in [1.165, 1.54) is 0 Å². The van der Waals surface area contributed by atoms with Gasteiger partial charge < -0.3 is 10.6 Å². The summed E-state index contributed by atoms with van der Waals surface area (Å²) in [6.45, 7) is 7.70. The molecular weight excluding hydrogens is 591 g/mol. The van der Waals surface area contributed by atoms with Crippen molar-refractivity contribution in [1.29, 1.82) is 0 Å². The lowest BCUT2D eigenvalue weighted by atomic mass is 10.2. The van der Waals surface area contributed by atoms with Gasteiger partial charge in [-0.25, -0.2) is 9.98 Å². The number of allylic oxidation sites excluding steroid dienone is 4. The predicted molar refractivity (Wildman–Crippen MR) is 183 cm³/mol. The summed E-state index contributed by atoms with van der Waals surface area (Å²) in [7, 11) is 0. The molecule has 0 saturated carbocycles. The Labute approximate surface area is 266 Å². The van der Waals surface area contributed by atoms with Gasteiger partial charge in [-0.3, -0.25) is 0 Å². The number of hydrogen-bond donors (Lipinski definition) is 2. The average molecular weight is 622 g/mol. The largest absolute Gasteiger partial charge is 0.355 e. The van der Waals surface area contributed by atoms with Crippen LogP contribution in [0.2, 0.25) is 10.0 Å². The van der Waals surface area contributed by atoms with Crippen LogP contribution in [-0.4, -0.2) is 11.4 Å². The van der Waals surface area contributed by atoms with Crippen LogP contribution in [0, 0.1) is 0 Å². The van der Waals surface area contributed by atoms with E-state index >= 15 is 0 Å². The molecule has 0 spiro atoms. The SMILES string of the molecule is CC1=Nc2ccccc2N/C(C)=C(/N=Nc2ccc(Cl)cc2)C(C)=Nc2ccccc2N/C(C)=C\1N=Nc1ccc(Cl)cc1. The van der Waals surface area contributed by atoms with E-state index in [1.54, 1.807) is 24.3 Å². The molecule has 4 aromatic rings. The highest BCUT2D eigenvalue weighted by molar-refractivity contribution is 6.30. The van der Waals surface area contributed by atoms with Crippen molar-refractivity contribution >= 4 is 68.7 Å². The first-order valence-electron chi connectivity index (χ1n) is 13.9. The van der Waals surface area contributed by atoms with Crippen LogP contribution in [0.4, 0.5) is 34.1 Å². The summed E-state index contributed by atoms with van der Waals surface area (Å²) in [5.41, 5.74) is 8.37. The lowest BCUT2D eigenvalue weighted by Crippen LogP contribution is -2.08. The van der Waals surface area contributed by atoms with Gasteiger partial charge in [0, 0.05) is 21.4 Å². The van der Waals surface area contributed by atoms with Crippen molar-refractivity contribution in [1.82, 2.24) is 0 Å². The first kappa shape index (κ1) is 30.5. The maximum atomic E-state index is 6.06. The molecule has 0 atom stereocenters. The van der Waals surface area contributed by atoms with Gasteiger partial charge in [-0.15, -0.1) is 10.2 Å². The minimum Gasteiger partial charge on any atom is -0.355 e. The first-order chi connectivity index (χ1) is 21.3. The first-order valence-corrected chi connectivity index (χ1v) is 14.6. The van der Waals surface area contributed by atoms with Gasteiger partial charge in [0.05, 0.1) is 45.5 Å². The minimum atomic E-state index is 0.590. The quantitative estimate of drug-likeness (QED) is 0.222. The number of nitrogens with one attached hydrogen (secondary N) is 2. The van der Waals surface area contributed by atoms with Gasteiger partial charge in [0.1, 0.15) is 11.4 Å². The molecule has 220 valence electrons. The summed E-state index contributed by atoms with van der Waals surface area (Å²) in [5.74, 6) is 0. The number of anilines is 2. The number of para-hydroxylation sites is 4. The molecule has 0 aromatic heterocycles. The second-order valence-electron chi connectivity index (χ2n) is 9.98. The van der Waals surface area contributed by atoms with E-state index in [4.69, 9.17) is 33.2 Å². The van der Waals surface area contributed by atoms with Crippen LogP contribution in [0.1, 0.15) is 27.7 Å². The van der Waals surface area contributed by atoms with Crippen LogP contribution in [0.3, 0.4) is 0 Å². The highest BCUT2D eigenvalue weighted by atomic mass is 35.5. The van der Waals surface area contributed by atoms with Gasteiger partial charge in [0.15, 0.2) is 0 Å². The number of nitrogens with zero attached hydrogens (tertiary/aromatic N) is 6. The summed E-state index contributed by atoms with van der Waals surface area (Å²) in [4.78, 5) is 9.97. The van der Waals surface area contributed by atoms with Crippen molar-refractivity contribution < 1.29 is 0 Å². The molecule has 0 bridgehead atoms. The third-order valence-corrected chi connectivity index (χ3v) is 7.11. The van der Waals surface area contributed by atoms with E-state index in [2.05, 4.69) is 31.1 Å². The van der Waals surface area contributed by atoms with Crippen LogP contribution in [0.5, 0.6) is 0 Å².